The highest BCUT2D eigenvalue weighted by molar-refractivity contribution is 14.1. The number of anilines is 1. The highest BCUT2D eigenvalue weighted by Gasteiger charge is 2.15. The molecule has 3 aromatic carbocycles. The van der Waals surface area contributed by atoms with E-state index in [2.05, 4.69) is 38.0 Å². The molecule has 4 aromatic rings. The number of carbonyl (C=O) groups excluding carboxylic acids is 1. The van der Waals surface area contributed by atoms with Gasteiger partial charge < -0.3 is 19.8 Å². The molecule has 0 aliphatic carbocycles. The molecule has 0 atom stereocenters. The van der Waals surface area contributed by atoms with Crippen LogP contribution >= 0.6 is 22.6 Å². The van der Waals surface area contributed by atoms with Crippen LogP contribution in [0.1, 0.15) is 18.1 Å². The molecule has 36 heavy (non-hydrogen) atoms. The van der Waals surface area contributed by atoms with E-state index in [-0.39, 0.29) is 12.5 Å². The maximum absolute atomic E-state index is 12.7. The number of nitrogens with zero attached hydrogens (tertiary/aromatic N) is 2. The van der Waals surface area contributed by atoms with E-state index in [9.17, 15) is 14.4 Å². The molecule has 0 radical (unpaired) electrons. The van der Waals surface area contributed by atoms with Crippen molar-refractivity contribution >= 4 is 51.3 Å². The number of ether oxygens (including phenoxy) is 2. The Morgan fingerprint density at radius 3 is 2.64 bits per heavy atom. The second kappa shape index (κ2) is 11.2. The third-order valence-corrected chi connectivity index (χ3v) is 6.01. The minimum Gasteiger partial charge on any atom is -0.490 e. The van der Waals surface area contributed by atoms with Crippen molar-refractivity contribution in [2.75, 3.05) is 18.5 Å². The third-order valence-electron chi connectivity index (χ3n) is 5.20. The molecule has 10 heteroatoms. The number of aryl methyl sites for hydroxylation is 1. The summed E-state index contributed by atoms with van der Waals surface area (Å²) >= 11 is 2.07. The first-order valence-corrected chi connectivity index (χ1v) is 12.2. The molecule has 0 fully saturated rings. The van der Waals surface area contributed by atoms with Crippen LogP contribution in [0.3, 0.4) is 0 Å². The quantitative estimate of drug-likeness (QED) is 0.236. The van der Waals surface area contributed by atoms with Crippen LogP contribution in [-0.4, -0.2) is 35.0 Å². The molecule has 0 spiro atoms. The summed E-state index contributed by atoms with van der Waals surface area (Å²) in [6, 6.07) is 17.6. The molecular formula is C26H23IN4O5. The minimum atomic E-state index is -0.644. The molecule has 184 valence electrons. The molecule has 0 unspecified atom stereocenters. The van der Waals surface area contributed by atoms with E-state index in [4.69, 9.17) is 9.47 Å². The van der Waals surface area contributed by atoms with Gasteiger partial charge in [-0.1, -0.05) is 30.3 Å². The Balaban J connectivity index is 1.57. The Kier molecular flexibility index (Phi) is 7.84. The van der Waals surface area contributed by atoms with Crippen LogP contribution in [0, 0.1) is 10.5 Å². The summed E-state index contributed by atoms with van der Waals surface area (Å²) in [6.45, 7) is 3.90. The van der Waals surface area contributed by atoms with Crippen molar-refractivity contribution in [3.8, 4) is 11.5 Å². The van der Waals surface area contributed by atoms with E-state index in [1.165, 1.54) is 6.21 Å². The second-order valence-electron chi connectivity index (χ2n) is 7.75. The summed E-state index contributed by atoms with van der Waals surface area (Å²) in [5.41, 5.74) is 1.53. The van der Waals surface area contributed by atoms with Crippen LogP contribution < -0.4 is 26.0 Å². The first-order valence-electron chi connectivity index (χ1n) is 11.1. The van der Waals surface area contributed by atoms with Gasteiger partial charge in [0.1, 0.15) is 0 Å². The van der Waals surface area contributed by atoms with Crippen molar-refractivity contribution in [1.29, 1.82) is 0 Å². The summed E-state index contributed by atoms with van der Waals surface area (Å²) in [4.78, 5) is 40.2. The number of carbonyl (C=O) groups is 1. The summed E-state index contributed by atoms with van der Waals surface area (Å²) in [7, 11) is 0. The van der Waals surface area contributed by atoms with Gasteiger partial charge >= 0.3 is 5.69 Å². The number of aromatic nitrogens is 2. The van der Waals surface area contributed by atoms with Gasteiger partial charge in [-0.05, 0) is 77.9 Å². The van der Waals surface area contributed by atoms with Gasteiger partial charge in [-0.15, -0.1) is 4.68 Å². The molecule has 0 saturated heterocycles. The van der Waals surface area contributed by atoms with Gasteiger partial charge in [0, 0.05) is 5.69 Å². The molecule has 1 heterocycles. The predicted octanol–water partition coefficient (Wildman–Crippen LogP) is 3.90. The number of H-pyrrole nitrogens is 1. The number of benzene rings is 3. The highest BCUT2D eigenvalue weighted by atomic mass is 127. The summed E-state index contributed by atoms with van der Waals surface area (Å²) in [5.74, 6) is 0.521. The van der Waals surface area contributed by atoms with E-state index >= 15 is 0 Å². The maximum Gasteiger partial charge on any atom is 0.349 e. The molecular weight excluding hydrogens is 575 g/mol. The zero-order valence-corrected chi connectivity index (χ0v) is 21.7. The van der Waals surface area contributed by atoms with Crippen molar-refractivity contribution in [3.05, 3.63) is 96.2 Å². The Morgan fingerprint density at radius 2 is 1.86 bits per heavy atom. The van der Waals surface area contributed by atoms with Gasteiger partial charge in [0.25, 0.3) is 11.5 Å². The molecule has 4 rings (SSSR count). The normalized spacial score (nSPS) is 11.1. The van der Waals surface area contributed by atoms with Gasteiger partial charge in [0.2, 0.25) is 0 Å². The maximum atomic E-state index is 12.7. The number of hydrogen-bond donors (Lipinski definition) is 2. The third kappa shape index (κ3) is 5.65. The predicted molar refractivity (Wildman–Crippen MR) is 147 cm³/mol. The van der Waals surface area contributed by atoms with Crippen molar-refractivity contribution in [3.63, 3.8) is 0 Å². The number of para-hydroxylation sites is 2. The molecule has 1 aromatic heterocycles. The number of nitrogens with one attached hydrogen (secondary N) is 2. The Bertz CT molecular complexity index is 1580. The molecule has 2 N–H and O–H groups in total. The summed E-state index contributed by atoms with van der Waals surface area (Å²) in [5, 5.41) is 7.28. The fourth-order valence-electron chi connectivity index (χ4n) is 3.49. The number of halogens is 1. The van der Waals surface area contributed by atoms with E-state index in [1.807, 2.05) is 38.1 Å². The van der Waals surface area contributed by atoms with Crippen LogP contribution in [0.2, 0.25) is 0 Å². The average molecular weight is 598 g/mol. The molecule has 0 bridgehead atoms. The lowest BCUT2D eigenvalue weighted by Crippen LogP contribution is -2.32. The van der Waals surface area contributed by atoms with Gasteiger partial charge in [0.15, 0.2) is 18.1 Å². The Morgan fingerprint density at radius 1 is 1.11 bits per heavy atom. The first-order chi connectivity index (χ1) is 17.4. The van der Waals surface area contributed by atoms with Gasteiger partial charge in [0.05, 0.1) is 27.3 Å². The molecule has 9 nitrogen and oxygen atoms in total. The van der Waals surface area contributed by atoms with Crippen LogP contribution in [-0.2, 0) is 4.79 Å². The lowest BCUT2D eigenvalue weighted by atomic mass is 10.2. The van der Waals surface area contributed by atoms with Crippen molar-refractivity contribution in [2.24, 2.45) is 5.10 Å². The largest absolute Gasteiger partial charge is 0.490 e. The molecule has 1 amide bonds. The molecule has 0 aliphatic rings. The molecule has 0 aliphatic heterocycles. The smallest absolute Gasteiger partial charge is 0.349 e. The second-order valence-corrected chi connectivity index (χ2v) is 8.91. The highest BCUT2D eigenvalue weighted by Crippen LogP contribution is 2.34. The van der Waals surface area contributed by atoms with E-state index in [1.54, 1.807) is 36.4 Å². The topological polar surface area (TPSA) is 115 Å². The number of aromatic amines is 1. The van der Waals surface area contributed by atoms with Gasteiger partial charge in [-0.25, -0.2) is 4.79 Å². The van der Waals surface area contributed by atoms with Crippen LogP contribution in [0.5, 0.6) is 11.5 Å². The fourth-order valence-corrected chi connectivity index (χ4v) is 4.27. The lowest BCUT2D eigenvalue weighted by Gasteiger charge is -2.15. The average Bonchev–Trinajstić information content (AvgIpc) is 2.85. The summed E-state index contributed by atoms with van der Waals surface area (Å²) < 4.78 is 13.0. The fraction of sp³-hybridized carbons (Fsp3) is 0.154. The van der Waals surface area contributed by atoms with Gasteiger partial charge in [-0.3, -0.25) is 9.59 Å². The zero-order valence-electron chi connectivity index (χ0n) is 19.6. The summed E-state index contributed by atoms with van der Waals surface area (Å²) in [6.07, 6.45) is 1.39. The zero-order chi connectivity index (χ0) is 25.7. The number of hydrogen-bond acceptors (Lipinski definition) is 6. The Hall–Kier alpha value is -3.93. The number of rotatable bonds is 8. The van der Waals surface area contributed by atoms with Gasteiger partial charge in [-0.2, -0.15) is 5.10 Å². The first kappa shape index (κ1) is 25.2. The van der Waals surface area contributed by atoms with Crippen molar-refractivity contribution < 1.29 is 14.3 Å². The Labute approximate surface area is 219 Å². The van der Waals surface area contributed by atoms with E-state index < -0.39 is 11.2 Å². The van der Waals surface area contributed by atoms with Crippen molar-refractivity contribution in [2.45, 2.75) is 13.8 Å². The lowest BCUT2D eigenvalue weighted by molar-refractivity contribution is -0.118. The van der Waals surface area contributed by atoms with Crippen LogP contribution in [0.4, 0.5) is 5.69 Å². The number of amides is 1. The standard InChI is InChI=1S/C26H23IN4O5/c1-3-35-22-13-17(14-28-31-25(33)18-9-5-7-11-21(18)30-26(31)34)12-19(27)24(22)36-15-23(32)29-20-10-6-4-8-16(20)2/h4-14H,3,15H2,1-2H3,(H,29,32)(H,30,34). The SMILES string of the molecule is CCOc1cc(C=Nn2c(=O)[nH]c3ccccc3c2=O)cc(I)c1OCC(=O)Nc1ccccc1C. The monoisotopic (exact) mass is 598 g/mol. The minimum absolute atomic E-state index is 0.209. The van der Waals surface area contributed by atoms with E-state index in [0.29, 0.717) is 38.1 Å². The van der Waals surface area contributed by atoms with Crippen LogP contribution in [0.15, 0.2) is 75.4 Å². The van der Waals surface area contributed by atoms with E-state index in [0.717, 1.165) is 15.9 Å². The van der Waals surface area contributed by atoms with Crippen molar-refractivity contribution in [1.82, 2.24) is 9.66 Å². The molecule has 0 saturated carbocycles. The van der Waals surface area contributed by atoms with Crippen LogP contribution in [0.25, 0.3) is 10.9 Å². The number of fused-ring (bicyclic) bond motifs is 1.